The fourth-order valence-electron chi connectivity index (χ4n) is 2.63. The maximum absolute atomic E-state index is 12.6. The summed E-state index contributed by atoms with van der Waals surface area (Å²) in [4.78, 5) is 17.8. The third-order valence-corrected chi connectivity index (χ3v) is 5.00. The van der Waals surface area contributed by atoms with Crippen LogP contribution in [-0.2, 0) is 16.1 Å². The predicted octanol–water partition coefficient (Wildman–Crippen LogP) is 2.86. The number of hydrogen-bond donors (Lipinski definition) is 0. The zero-order valence-corrected chi connectivity index (χ0v) is 14.6. The molecule has 1 aromatic heterocycles. The molecule has 3 atom stereocenters. The summed E-state index contributed by atoms with van der Waals surface area (Å²) in [6.07, 6.45) is 0.206. The van der Waals surface area contributed by atoms with E-state index < -0.39 is 0 Å². The second-order valence-electron chi connectivity index (χ2n) is 5.80. The highest BCUT2D eigenvalue weighted by Gasteiger charge is 2.30. The second kappa shape index (κ2) is 7.09. The molecule has 1 aromatic rings. The van der Waals surface area contributed by atoms with Crippen molar-refractivity contribution in [2.75, 3.05) is 20.1 Å². The molecule has 0 bridgehead atoms. The molecule has 0 spiro atoms. The van der Waals surface area contributed by atoms with E-state index in [0.29, 0.717) is 13.1 Å². The molecule has 0 N–H and O–H groups in total. The molecule has 0 aromatic carbocycles. The summed E-state index contributed by atoms with van der Waals surface area (Å²) < 4.78 is 6.47. The van der Waals surface area contributed by atoms with Gasteiger partial charge in [-0.05, 0) is 40.0 Å². The van der Waals surface area contributed by atoms with Crippen LogP contribution in [0.3, 0.4) is 0 Å². The first-order valence-electron chi connectivity index (χ1n) is 7.25. The number of thiophene rings is 1. The molecule has 0 saturated carbocycles. The molecule has 21 heavy (non-hydrogen) atoms. The summed E-state index contributed by atoms with van der Waals surface area (Å²) >= 11 is 7.51. The van der Waals surface area contributed by atoms with Crippen LogP contribution in [0.5, 0.6) is 0 Å². The Morgan fingerprint density at radius 3 is 2.62 bits per heavy atom. The van der Waals surface area contributed by atoms with Gasteiger partial charge in [-0.2, -0.15) is 0 Å². The highest BCUT2D eigenvalue weighted by atomic mass is 35.5. The number of amides is 1. The van der Waals surface area contributed by atoms with Crippen LogP contribution in [0, 0.1) is 0 Å². The van der Waals surface area contributed by atoms with E-state index in [2.05, 4.69) is 4.90 Å². The van der Waals surface area contributed by atoms with E-state index in [4.69, 9.17) is 16.3 Å². The van der Waals surface area contributed by atoms with E-state index in [1.54, 1.807) is 11.3 Å². The quantitative estimate of drug-likeness (QED) is 0.851. The van der Waals surface area contributed by atoms with Crippen LogP contribution in [0.4, 0.5) is 0 Å². The van der Waals surface area contributed by atoms with Gasteiger partial charge in [0.15, 0.2) is 0 Å². The third-order valence-electron chi connectivity index (χ3n) is 3.78. The van der Waals surface area contributed by atoms with E-state index in [0.717, 1.165) is 10.9 Å². The molecule has 1 aliphatic rings. The van der Waals surface area contributed by atoms with Crippen molar-refractivity contribution in [1.82, 2.24) is 9.80 Å². The second-order valence-corrected chi connectivity index (χ2v) is 7.60. The van der Waals surface area contributed by atoms with Gasteiger partial charge in [0.1, 0.15) is 0 Å². The number of rotatable bonds is 4. The summed E-state index contributed by atoms with van der Waals surface area (Å²) in [5, 5.41) is 0. The maximum Gasteiger partial charge on any atom is 0.239 e. The standard InChI is InChI=1S/C15H23ClN2O2S/c1-10-7-18(8-11(2)20-10)15(19)12(3)17(4)9-13-5-6-14(16)21-13/h5-6,10-12H,7-9H2,1-4H3. The van der Waals surface area contributed by atoms with E-state index in [-0.39, 0.29) is 24.2 Å². The summed E-state index contributed by atoms with van der Waals surface area (Å²) in [5.74, 6) is 0.169. The molecule has 118 valence electrons. The molecule has 0 aliphatic carbocycles. The Kier molecular flexibility index (Phi) is 5.66. The largest absolute Gasteiger partial charge is 0.372 e. The van der Waals surface area contributed by atoms with Gasteiger partial charge >= 0.3 is 0 Å². The summed E-state index contributed by atoms with van der Waals surface area (Å²) in [6.45, 7) is 8.07. The lowest BCUT2D eigenvalue weighted by Crippen LogP contribution is -2.53. The lowest BCUT2D eigenvalue weighted by molar-refractivity contribution is -0.147. The van der Waals surface area contributed by atoms with Crippen molar-refractivity contribution in [3.63, 3.8) is 0 Å². The molecule has 2 heterocycles. The van der Waals surface area contributed by atoms with Crippen molar-refractivity contribution in [1.29, 1.82) is 0 Å². The Morgan fingerprint density at radius 2 is 2.10 bits per heavy atom. The van der Waals surface area contributed by atoms with Crippen LogP contribution in [-0.4, -0.2) is 54.1 Å². The van der Waals surface area contributed by atoms with Gasteiger partial charge < -0.3 is 9.64 Å². The smallest absolute Gasteiger partial charge is 0.239 e. The van der Waals surface area contributed by atoms with Gasteiger partial charge in [0.25, 0.3) is 0 Å². The van der Waals surface area contributed by atoms with Crippen LogP contribution in [0.25, 0.3) is 0 Å². The van der Waals surface area contributed by atoms with E-state index in [1.165, 1.54) is 4.88 Å². The summed E-state index contributed by atoms with van der Waals surface area (Å²) in [7, 11) is 1.98. The molecule has 3 unspecified atom stereocenters. The van der Waals surface area contributed by atoms with Crippen molar-refractivity contribution in [3.05, 3.63) is 21.3 Å². The number of carbonyl (C=O) groups is 1. The highest BCUT2D eigenvalue weighted by Crippen LogP contribution is 2.23. The molecular formula is C15H23ClN2O2S. The van der Waals surface area contributed by atoms with Crippen molar-refractivity contribution < 1.29 is 9.53 Å². The zero-order valence-electron chi connectivity index (χ0n) is 13.0. The lowest BCUT2D eigenvalue weighted by atomic mass is 10.2. The molecular weight excluding hydrogens is 308 g/mol. The molecule has 1 aliphatic heterocycles. The predicted molar refractivity (Wildman–Crippen MR) is 86.8 cm³/mol. The summed E-state index contributed by atoms with van der Waals surface area (Å²) in [5.41, 5.74) is 0. The average Bonchev–Trinajstić information content (AvgIpc) is 2.81. The first-order valence-corrected chi connectivity index (χ1v) is 8.45. The van der Waals surface area contributed by atoms with Crippen LogP contribution in [0.15, 0.2) is 12.1 Å². The lowest BCUT2D eigenvalue weighted by Gasteiger charge is -2.38. The van der Waals surface area contributed by atoms with E-state index in [1.807, 2.05) is 44.9 Å². The normalized spacial score (nSPS) is 24.4. The third kappa shape index (κ3) is 4.42. The molecule has 0 radical (unpaired) electrons. The molecule has 1 amide bonds. The minimum atomic E-state index is -0.150. The number of nitrogens with zero attached hydrogens (tertiary/aromatic N) is 2. The van der Waals surface area contributed by atoms with Crippen LogP contribution in [0.1, 0.15) is 25.6 Å². The molecule has 6 heteroatoms. The molecule has 4 nitrogen and oxygen atoms in total. The van der Waals surface area contributed by atoms with Gasteiger partial charge in [0, 0.05) is 24.5 Å². The number of morpholine rings is 1. The Morgan fingerprint density at radius 1 is 1.48 bits per heavy atom. The van der Waals surface area contributed by atoms with Crippen molar-refractivity contribution in [3.8, 4) is 0 Å². The number of halogens is 1. The first kappa shape index (κ1) is 16.7. The topological polar surface area (TPSA) is 32.8 Å². The monoisotopic (exact) mass is 330 g/mol. The van der Waals surface area contributed by atoms with Crippen molar-refractivity contribution >= 4 is 28.8 Å². The van der Waals surface area contributed by atoms with Gasteiger partial charge in [0.05, 0.1) is 22.6 Å². The van der Waals surface area contributed by atoms with Gasteiger partial charge in [0.2, 0.25) is 5.91 Å². The van der Waals surface area contributed by atoms with E-state index >= 15 is 0 Å². The fourth-order valence-corrected chi connectivity index (χ4v) is 3.78. The number of hydrogen-bond acceptors (Lipinski definition) is 4. The number of ether oxygens (including phenoxy) is 1. The minimum absolute atomic E-state index is 0.103. The van der Waals surface area contributed by atoms with Gasteiger partial charge in [-0.15, -0.1) is 11.3 Å². The van der Waals surface area contributed by atoms with Crippen molar-refractivity contribution in [2.24, 2.45) is 0 Å². The molecule has 1 fully saturated rings. The fraction of sp³-hybridized carbons (Fsp3) is 0.667. The average molecular weight is 331 g/mol. The van der Waals surface area contributed by atoms with Gasteiger partial charge in [-0.3, -0.25) is 9.69 Å². The highest BCUT2D eigenvalue weighted by molar-refractivity contribution is 7.16. The van der Waals surface area contributed by atoms with Gasteiger partial charge in [-0.1, -0.05) is 11.6 Å². The SMILES string of the molecule is CC1CN(C(=O)C(C)N(C)Cc2ccc(Cl)s2)CC(C)O1. The first-order chi connectivity index (χ1) is 9.86. The minimum Gasteiger partial charge on any atom is -0.372 e. The molecule has 1 saturated heterocycles. The van der Waals surface area contributed by atoms with Crippen molar-refractivity contribution in [2.45, 2.75) is 45.6 Å². The Labute approximate surface area is 135 Å². The Balaban J connectivity index is 1.94. The summed E-state index contributed by atoms with van der Waals surface area (Å²) in [6, 6.07) is 3.76. The van der Waals surface area contributed by atoms with E-state index in [9.17, 15) is 4.79 Å². The van der Waals surface area contributed by atoms with Crippen LogP contribution < -0.4 is 0 Å². The van der Waals surface area contributed by atoms with Crippen LogP contribution >= 0.6 is 22.9 Å². The maximum atomic E-state index is 12.6. The van der Waals surface area contributed by atoms with Gasteiger partial charge in [-0.25, -0.2) is 0 Å². The van der Waals surface area contributed by atoms with Crippen LogP contribution in [0.2, 0.25) is 4.34 Å². The Hall–Kier alpha value is -0.620. The number of likely N-dealkylation sites (N-methyl/N-ethyl adjacent to an activating group) is 1. The number of carbonyl (C=O) groups excluding carboxylic acids is 1. The zero-order chi connectivity index (χ0) is 15.6. The molecule has 2 rings (SSSR count). The Bertz CT molecular complexity index is 484.